The Morgan fingerprint density at radius 2 is 1.79 bits per heavy atom. The molecule has 1 atom stereocenters. The minimum Gasteiger partial charge on any atom is -0.337 e. The number of aromatic nitrogens is 3. The standard InChI is InChI=1S/C28H26N4O/c1-3-27(33)31-17-7-10-24(19-31)32-26-15-16-29-18-25(26)28(30-32)23-13-11-22(12-14-23)20(2)21-8-5-4-6-9-21/h3-6,8-9,11-16,18,24H,1-2,7,10,17,19H2/t24-/m0/s1. The average molecular weight is 435 g/mol. The van der Waals surface area contributed by atoms with Crippen LogP contribution in [-0.4, -0.2) is 38.7 Å². The number of carbonyl (C=O) groups excluding carboxylic acids is 1. The minimum absolute atomic E-state index is 0.0210. The molecule has 5 rings (SSSR count). The van der Waals surface area contributed by atoms with Crippen molar-refractivity contribution in [1.82, 2.24) is 19.7 Å². The number of piperidine rings is 1. The van der Waals surface area contributed by atoms with E-state index >= 15 is 0 Å². The molecular weight excluding hydrogens is 408 g/mol. The molecule has 0 aliphatic carbocycles. The zero-order chi connectivity index (χ0) is 22.8. The molecule has 0 radical (unpaired) electrons. The number of likely N-dealkylation sites (tertiary alicyclic amines) is 1. The van der Waals surface area contributed by atoms with Gasteiger partial charge in [0.15, 0.2) is 0 Å². The summed E-state index contributed by atoms with van der Waals surface area (Å²) in [4.78, 5) is 18.4. The first kappa shape index (κ1) is 20.9. The maximum Gasteiger partial charge on any atom is 0.246 e. The number of pyridine rings is 1. The van der Waals surface area contributed by atoms with Gasteiger partial charge >= 0.3 is 0 Å². The zero-order valence-corrected chi connectivity index (χ0v) is 18.5. The first-order valence-corrected chi connectivity index (χ1v) is 11.2. The van der Waals surface area contributed by atoms with E-state index in [1.165, 1.54) is 6.08 Å². The van der Waals surface area contributed by atoms with Crippen molar-refractivity contribution >= 4 is 22.4 Å². The van der Waals surface area contributed by atoms with Crippen molar-refractivity contribution in [3.63, 3.8) is 0 Å². The fourth-order valence-corrected chi connectivity index (χ4v) is 4.60. The monoisotopic (exact) mass is 434 g/mol. The predicted octanol–water partition coefficient (Wildman–Crippen LogP) is 5.51. The summed E-state index contributed by atoms with van der Waals surface area (Å²) >= 11 is 0. The van der Waals surface area contributed by atoms with E-state index < -0.39 is 0 Å². The quantitative estimate of drug-likeness (QED) is 0.389. The Hall–Kier alpha value is -3.99. The lowest BCUT2D eigenvalue weighted by Crippen LogP contribution is -2.40. The van der Waals surface area contributed by atoms with Gasteiger partial charge in [0.05, 0.1) is 11.6 Å². The highest BCUT2D eigenvalue weighted by Gasteiger charge is 2.26. The molecule has 164 valence electrons. The molecule has 4 aromatic rings. The van der Waals surface area contributed by atoms with E-state index in [4.69, 9.17) is 5.10 Å². The number of fused-ring (bicyclic) bond motifs is 1. The highest BCUT2D eigenvalue weighted by Crippen LogP contribution is 2.33. The van der Waals surface area contributed by atoms with Crippen LogP contribution in [0.15, 0.2) is 92.3 Å². The average Bonchev–Trinajstić information content (AvgIpc) is 3.28. The van der Waals surface area contributed by atoms with Crippen LogP contribution in [0.4, 0.5) is 0 Å². The number of hydrogen-bond acceptors (Lipinski definition) is 3. The van der Waals surface area contributed by atoms with Crippen molar-refractivity contribution in [2.24, 2.45) is 0 Å². The number of carbonyl (C=O) groups is 1. The molecule has 0 N–H and O–H groups in total. The van der Waals surface area contributed by atoms with Gasteiger partial charge in [-0.3, -0.25) is 14.5 Å². The van der Waals surface area contributed by atoms with Crippen LogP contribution < -0.4 is 0 Å². The van der Waals surface area contributed by atoms with Gasteiger partial charge in [-0.15, -0.1) is 0 Å². The molecule has 33 heavy (non-hydrogen) atoms. The predicted molar refractivity (Wildman–Crippen MR) is 133 cm³/mol. The first-order valence-electron chi connectivity index (χ1n) is 11.2. The summed E-state index contributed by atoms with van der Waals surface area (Å²) < 4.78 is 2.08. The summed E-state index contributed by atoms with van der Waals surface area (Å²) in [5, 5.41) is 6.04. The molecule has 1 aliphatic heterocycles. The number of amides is 1. The molecule has 1 aliphatic rings. The molecule has 5 nitrogen and oxygen atoms in total. The third-order valence-corrected chi connectivity index (χ3v) is 6.37. The number of hydrogen-bond donors (Lipinski definition) is 0. The lowest BCUT2D eigenvalue weighted by atomic mass is 9.98. The van der Waals surface area contributed by atoms with E-state index in [0.717, 1.165) is 58.2 Å². The van der Waals surface area contributed by atoms with Gasteiger partial charge in [0, 0.05) is 36.4 Å². The van der Waals surface area contributed by atoms with Crippen LogP contribution in [0.3, 0.4) is 0 Å². The van der Waals surface area contributed by atoms with E-state index in [-0.39, 0.29) is 11.9 Å². The molecule has 1 fully saturated rings. The molecule has 0 unspecified atom stereocenters. The van der Waals surface area contributed by atoms with Gasteiger partial charge in [-0.1, -0.05) is 67.8 Å². The molecule has 2 aromatic heterocycles. The van der Waals surface area contributed by atoms with Crippen LogP contribution in [0.25, 0.3) is 27.7 Å². The SMILES string of the molecule is C=CC(=O)N1CCC[C@H](n2nc(-c3ccc(C(=C)c4ccccc4)cc3)c3cnccc32)C1. The molecule has 0 saturated carbocycles. The van der Waals surface area contributed by atoms with Crippen molar-refractivity contribution in [3.05, 3.63) is 103 Å². The highest BCUT2D eigenvalue weighted by atomic mass is 16.2. The van der Waals surface area contributed by atoms with E-state index in [9.17, 15) is 4.79 Å². The van der Waals surface area contributed by atoms with E-state index in [0.29, 0.717) is 6.54 Å². The Balaban J connectivity index is 1.49. The minimum atomic E-state index is -0.0210. The van der Waals surface area contributed by atoms with E-state index in [1.807, 2.05) is 35.4 Å². The van der Waals surface area contributed by atoms with Crippen LogP contribution in [0, 0.1) is 0 Å². The van der Waals surface area contributed by atoms with Crippen molar-refractivity contribution < 1.29 is 4.79 Å². The van der Waals surface area contributed by atoms with Crippen molar-refractivity contribution in [2.45, 2.75) is 18.9 Å². The molecule has 5 heteroatoms. The van der Waals surface area contributed by atoms with Gasteiger partial charge in [0.2, 0.25) is 5.91 Å². The Morgan fingerprint density at radius 3 is 2.55 bits per heavy atom. The summed E-state index contributed by atoms with van der Waals surface area (Å²) in [6.07, 6.45) is 6.99. The van der Waals surface area contributed by atoms with Gasteiger partial charge in [-0.05, 0) is 41.7 Å². The normalized spacial score (nSPS) is 16.0. The topological polar surface area (TPSA) is 51.0 Å². The number of nitrogens with zero attached hydrogens (tertiary/aromatic N) is 4. The fraction of sp³-hybridized carbons (Fsp3) is 0.179. The molecule has 1 saturated heterocycles. The van der Waals surface area contributed by atoms with Crippen LogP contribution in [0.5, 0.6) is 0 Å². The van der Waals surface area contributed by atoms with Crippen LogP contribution >= 0.6 is 0 Å². The van der Waals surface area contributed by atoms with Gasteiger partial charge in [0.25, 0.3) is 0 Å². The van der Waals surface area contributed by atoms with Crippen LogP contribution in [0.2, 0.25) is 0 Å². The third kappa shape index (κ3) is 3.98. The lowest BCUT2D eigenvalue weighted by molar-refractivity contribution is -0.127. The number of rotatable bonds is 5. The maximum atomic E-state index is 12.2. The van der Waals surface area contributed by atoms with E-state index in [1.54, 1.807) is 6.20 Å². The Labute approximate surface area is 193 Å². The van der Waals surface area contributed by atoms with Gasteiger partial charge < -0.3 is 4.90 Å². The second-order valence-corrected chi connectivity index (χ2v) is 8.39. The van der Waals surface area contributed by atoms with Crippen molar-refractivity contribution in [1.29, 1.82) is 0 Å². The molecule has 1 amide bonds. The molecular formula is C28H26N4O. The van der Waals surface area contributed by atoms with Crippen molar-refractivity contribution in [3.8, 4) is 11.3 Å². The van der Waals surface area contributed by atoms with Crippen LogP contribution in [0.1, 0.15) is 30.0 Å². The first-order chi connectivity index (χ1) is 16.2. The Kier molecular flexibility index (Phi) is 5.61. The van der Waals surface area contributed by atoms with Gasteiger partial charge in [-0.2, -0.15) is 5.10 Å². The second kappa shape index (κ2) is 8.87. The molecule has 2 aromatic carbocycles. The van der Waals surface area contributed by atoms with E-state index in [2.05, 4.69) is 59.2 Å². The summed E-state index contributed by atoms with van der Waals surface area (Å²) in [7, 11) is 0. The van der Waals surface area contributed by atoms with Crippen molar-refractivity contribution in [2.75, 3.05) is 13.1 Å². The smallest absolute Gasteiger partial charge is 0.246 e. The summed E-state index contributed by atoms with van der Waals surface area (Å²) in [5.74, 6) is -0.0210. The third-order valence-electron chi connectivity index (χ3n) is 6.37. The number of benzene rings is 2. The summed E-state index contributed by atoms with van der Waals surface area (Å²) in [5.41, 5.74) is 6.16. The Bertz CT molecular complexity index is 1320. The summed E-state index contributed by atoms with van der Waals surface area (Å²) in [6.45, 7) is 9.31. The lowest BCUT2D eigenvalue weighted by Gasteiger charge is -2.32. The molecule has 0 spiro atoms. The van der Waals surface area contributed by atoms with Gasteiger partial charge in [-0.25, -0.2) is 0 Å². The van der Waals surface area contributed by atoms with Crippen LogP contribution in [-0.2, 0) is 4.79 Å². The Morgan fingerprint density at radius 1 is 1.03 bits per heavy atom. The highest BCUT2D eigenvalue weighted by molar-refractivity contribution is 5.93. The summed E-state index contributed by atoms with van der Waals surface area (Å²) in [6, 6.07) is 20.7. The zero-order valence-electron chi connectivity index (χ0n) is 18.5. The second-order valence-electron chi connectivity index (χ2n) is 8.39. The largest absolute Gasteiger partial charge is 0.337 e. The molecule has 3 heterocycles. The van der Waals surface area contributed by atoms with Gasteiger partial charge in [0.1, 0.15) is 5.69 Å². The fourth-order valence-electron chi connectivity index (χ4n) is 4.60. The molecule has 0 bridgehead atoms. The maximum absolute atomic E-state index is 12.2.